The molecule has 1 fully saturated rings. The first-order valence-electron chi connectivity index (χ1n) is 8.75. The molecule has 1 saturated heterocycles. The summed E-state index contributed by atoms with van der Waals surface area (Å²) in [6.45, 7) is 11.4. The Bertz CT molecular complexity index is 391. The molecule has 2 nitrogen and oxygen atoms in total. The van der Waals surface area contributed by atoms with Crippen molar-refractivity contribution in [2.45, 2.75) is 52.5 Å². The minimum atomic E-state index is 0.471. The molecule has 1 atom stereocenters. The molecule has 1 aromatic carbocycles. The third kappa shape index (κ3) is 5.12. The first-order chi connectivity index (χ1) is 10.2. The van der Waals surface area contributed by atoms with Gasteiger partial charge in [-0.1, -0.05) is 56.5 Å². The van der Waals surface area contributed by atoms with Crippen molar-refractivity contribution in [2.75, 3.05) is 26.2 Å². The number of hydrogen-bond acceptors (Lipinski definition) is 2. The average molecular weight is 288 g/mol. The van der Waals surface area contributed by atoms with Crippen LogP contribution in [0.4, 0.5) is 0 Å². The molecular weight excluding hydrogens is 256 g/mol. The molecule has 2 heteroatoms. The number of benzene rings is 1. The number of nitrogens with one attached hydrogen (secondary N) is 1. The summed E-state index contributed by atoms with van der Waals surface area (Å²) in [5, 5.41) is 3.66. The van der Waals surface area contributed by atoms with Crippen molar-refractivity contribution < 1.29 is 0 Å². The van der Waals surface area contributed by atoms with Crippen LogP contribution in [-0.4, -0.2) is 31.1 Å². The van der Waals surface area contributed by atoms with Crippen LogP contribution >= 0.6 is 0 Å². The van der Waals surface area contributed by atoms with Gasteiger partial charge in [0, 0.05) is 12.6 Å². The molecule has 21 heavy (non-hydrogen) atoms. The van der Waals surface area contributed by atoms with Crippen molar-refractivity contribution in [1.29, 1.82) is 0 Å². The molecule has 0 amide bonds. The second-order valence-electron chi connectivity index (χ2n) is 6.55. The van der Waals surface area contributed by atoms with Gasteiger partial charge in [-0.15, -0.1) is 0 Å². The van der Waals surface area contributed by atoms with Crippen molar-refractivity contribution >= 4 is 0 Å². The Morgan fingerprint density at radius 3 is 2.38 bits per heavy atom. The molecule has 1 heterocycles. The molecule has 1 aliphatic rings. The zero-order valence-electron chi connectivity index (χ0n) is 14.1. The number of rotatable bonds is 7. The van der Waals surface area contributed by atoms with E-state index in [4.69, 9.17) is 0 Å². The van der Waals surface area contributed by atoms with Crippen molar-refractivity contribution in [3.63, 3.8) is 0 Å². The van der Waals surface area contributed by atoms with Crippen LogP contribution in [0.5, 0.6) is 0 Å². The van der Waals surface area contributed by atoms with Gasteiger partial charge in [-0.25, -0.2) is 0 Å². The fourth-order valence-electron chi connectivity index (χ4n) is 3.46. The Labute approximate surface area is 130 Å². The molecule has 1 aliphatic heterocycles. The molecule has 1 N–H and O–H groups in total. The van der Waals surface area contributed by atoms with Crippen LogP contribution in [0.25, 0.3) is 0 Å². The van der Waals surface area contributed by atoms with E-state index in [9.17, 15) is 0 Å². The maximum absolute atomic E-state index is 3.66. The van der Waals surface area contributed by atoms with E-state index in [1.165, 1.54) is 49.9 Å². The van der Waals surface area contributed by atoms with Crippen LogP contribution in [0.3, 0.4) is 0 Å². The highest BCUT2D eigenvalue weighted by Crippen LogP contribution is 2.24. The average Bonchev–Trinajstić information content (AvgIpc) is 2.50. The SMILES string of the molecule is CCCC1CCN(CC(NCC)c2ccc(C)cc2)CC1. The standard InChI is InChI=1S/C19H32N2/c1-4-6-17-11-13-21(14-12-17)15-19(20-5-2)18-9-7-16(3)8-10-18/h7-10,17,19-20H,4-6,11-15H2,1-3H3. The van der Waals surface area contributed by atoms with Gasteiger partial charge in [-0.3, -0.25) is 0 Å². The number of likely N-dealkylation sites (tertiary alicyclic amines) is 1. The topological polar surface area (TPSA) is 15.3 Å². The van der Waals surface area contributed by atoms with Gasteiger partial charge in [0.1, 0.15) is 0 Å². The lowest BCUT2D eigenvalue weighted by Crippen LogP contribution is -2.40. The first-order valence-corrected chi connectivity index (χ1v) is 8.75. The third-order valence-electron chi connectivity index (χ3n) is 4.78. The number of aryl methyl sites for hydroxylation is 1. The van der Waals surface area contributed by atoms with Crippen molar-refractivity contribution in [3.05, 3.63) is 35.4 Å². The molecule has 1 unspecified atom stereocenters. The predicted octanol–water partition coefficient (Wildman–Crippen LogP) is 4.16. The van der Waals surface area contributed by atoms with Crippen LogP contribution < -0.4 is 5.32 Å². The summed E-state index contributed by atoms with van der Waals surface area (Å²) < 4.78 is 0. The fraction of sp³-hybridized carbons (Fsp3) is 0.684. The van der Waals surface area contributed by atoms with Gasteiger partial charge in [-0.2, -0.15) is 0 Å². The largest absolute Gasteiger partial charge is 0.309 e. The smallest absolute Gasteiger partial charge is 0.0449 e. The Balaban J connectivity index is 1.90. The fourth-order valence-corrected chi connectivity index (χ4v) is 3.46. The van der Waals surface area contributed by atoms with Gasteiger partial charge in [-0.05, 0) is 50.9 Å². The Kier molecular flexibility index (Phi) is 6.72. The zero-order valence-corrected chi connectivity index (χ0v) is 14.1. The molecule has 0 spiro atoms. The lowest BCUT2D eigenvalue weighted by Gasteiger charge is -2.34. The normalized spacial score (nSPS) is 18.8. The lowest BCUT2D eigenvalue weighted by molar-refractivity contribution is 0.163. The molecule has 0 aromatic heterocycles. The van der Waals surface area contributed by atoms with E-state index in [1.54, 1.807) is 0 Å². The van der Waals surface area contributed by atoms with E-state index in [1.807, 2.05) is 0 Å². The van der Waals surface area contributed by atoms with Crippen LogP contribution in [0, 0.1) is 12.8 Å². The van der Waals surface area contributed by atoms with Crippen molar-refractivity contribution in [1.82, 2.24) is 10.2 Å². The van der Waals surface area contributed by atoms with Crippen LogP contribution in [0.15, 0.2) is 24.3 Å². The summed E-state index contributed by atoms with van der Waals surface area (Å²) in [6.07, 6.45) is 5.54. The van der Waals surface area contributed by atoms with E-state index < -0.39 is 0 Å². The number of nitrogens with zero attached hydrogens (tertiary/aromatic N) is 1. The van der Waals surface area contributed by atoms with Crippen LogP contribution in [-0.2, 0) is 0 Å². The highest BCUT2D eigenvalue weighted by atomic mass is 15.2. The second kappa shape index (κ2) is 8.55. The molecule has 0 bridgehead atoms. The Morgan fingerprint density at radius 1 is 1.14 bits per heavy atom. The summed E-state index contributed by atoms with van der Waals surface area (Å²) in [6, 6.07) is 9.50. The molecular formula is C19H32N2. The Morgan fingerprint density at radius 2 is 1.81 bits per heavy atom. The van der Waals surface area contributed by atoms with Gasteiger partial charge in [0.05, 0.1) is 0 Å². The maximum Gasteiger partial charge on any atom is 0.0449 e. The molecule has 0 saturated carbocycles. The van der Waals surface area contributed by atoms with Gasteiger partial charge in [0.15, 0.2) is 0 Å². The monoisotopic (exact) mass is 288 g/mol. The minimum Gasteiger partial charge on any atom is -0.309 e. The van der Waals surface area contributed by atoms with Gasteiger partial charge >= 0.3 is 0 Å². The zero-order chi connectivity index (χ0) is 15.1. The lowest BCUT2D eigenvalue weighted by atomic mass is 9.92. The summed E-state index contributed by atoms with van der Waals surface area (Å²) in [4.78, 5) is 2.65. The number of hydrogen-bond donors (Lipinski definition) is 1. The van der Waals surface area contributed by atoms with E-state index in [0.29, 0.717) is 6.04 Å². The number of likely N-dealkylation sites (N-methyl/N-ethyl adjacent to an activating group) is 1. The van der Waals surface area contributed by atoms with E-state index >= 15 is 0 Å². The summed E-state index contributed by atoms with van der Waals surface area (Å²) in [5.41, 5.74) is 2.77. The highest BCUT2D eigenvalue weighted by Gasteiger charge is 2.21. The van der Waals surface area contributed by atoms with Crippen LogP contribution in [0.1, 0.15) is 56.7 Å². The summed E-state index contributed by atoms with van der Waals surface area (Å²) in [7, 11) is 0. The quantitative estimate of drug-likeness (QED) is 0.810. The summed E-state index contributed by atoms with van der Waals surface area (Å²) in [5.74, 6) is 0.975. The van der Waals surface area contributed by atoms with Gasteiger partial charge < -0.3 is 10.2 Å². The van der Waals surface area contributed by atoms with Gasteiger partial charge in [0.25, 0.3) is 0 Å². The maximum atomic E-state index is 3.66. The second-order valence-corrected chi connectivity index (χ2v) is 6.55. The highest BCUT2D eigenvalue weighted by molar-refractivity contribution is 5.24. The molecule has 118 valence electrons. The van der Waals surface area contributed by atoms with Crippen molar-refractivity contribution in [3.8, 4) is 0 Å². The molecule has 2 rings (SSSR count). The molecule has 0 radical (unpaired) electrons. The third-order valence-corrected chi connectivity index (χ3v) is 4.78. The van der Waals surface area contributed by atoms with Crippen LogP contribution in [0.2, 0.25) is 0 Å². The van der Waals surface area contributed by atoms with Crippen molar-refractivity contribution in [2.24, 2.45) is 5.92 Å². The predicted molar refractivity (Wildman–Crippen MR) is 91.7 cm³/mol. The van der Waals surface area contributed by atoms with Gasteiger partial charge in [0.2, 0.25) is 0 Å². The first kappa shape index (κ1) is 16.5. The Hall–Kier alpha value is -0.860. The number of piperidine rings is 1. The molecule has 1 aromatic rings. The molecule has 0 aliphatic carbocycles. The summed E-state index contributed by atoms with van der Waals surface area (Å²) >= 11 is 0. The van der Waals surface area contributed by atoms with E-state index in [-0.39, 0.29) is 0 Å². The van der Waals surface area contributed by atoms with E-state index in [0.717, 1.165) is 19.0 Å². The minimum absolute atomic E-state index is 0.471. The van der Waals surface area contributed by atoms with E-state index in [2.05, 4.69) is 55.3 Å².